The molecule has 0 aliphatic carbocycles. The lowest BCUT2D eigenvalue weighted by molar-refractivity contribution is -0.141. The molecule has 1 aromatic heterocycles. The number of hydrogen-bond acceptors (Lipinski definition) is 6. The fraction of sp³-hybridized carbons (Fsp3) is 0.273. The first-order valence-electron chi connectivity index (χ1n) is 9.52. The molecule has 150 valence electrons. The maximum absolute atomic E-state index is 11.5. The third-order valence-corrected chi connectivity index (χ3v) is 5.05. The van der Waals surface area contributed by atoms with Crippen LogP contribution in [0.4, 0.5) is 5.82 Å². The highest BCUT2D eigenvalue weighted by Gasteiger charge is 2.27. The number of nitrogens with two attached hydrogens (primary N) is 1. The van der Waals surface area contributed by atoms with E-state index in [4.69, 9.17) is 0 Å². The number of aldehydes is 1. The summed E-state index contributed by atoms with van der Waals surface area (Å²) in [5, 5.41) is 10.3. The summed E-state index contributed by atoms with van der Waals surface area (Å²) in [5.41, 5.74) is 7.75. The molecular formula is C22H24N4O3. The van der Waals surface area contributed by atoms with E-state index < -0.39 is 11.9 Å². The molecule has 2 heterocycles. The molecule has 7 nitrogen and oxygen atoms in total. The Kier molecular flexibility index (Phi) is 6.51. The van der Waals surface area contributed by atoms with Gasteiger partial charge in [-0.2, -0.15) is 0 Å². The van der Waals surface area contributed by atoms with Crippen LogP contribution in [0, 0.1) is 5.92 Å². The molecule has 1 aliphatic rings. The van der Waals surface area contributed by atoms with Crippen molar-refractivity contribution in [2.24, 2.45) is 11.7 Å². The number of carboxylic acids is 1. The molecule has 0 radical (unpaired) electrons. The third kappa shape index (κ3) is 4.25. The van der Waals surface area contributed by atoms with E-state index in [1.165, 1.54) is 13.4 Å². The summed E-state index contributed by atoms with van der Waals surface area (Å²) in [4.78, 5) is 33.6. The number of fused-ring (bicyclic) bond motifs is 1. The number of carbonyl (C=O) groups excluding carboxylic acids is 1. The Hall–Kier alpha value is -3.32. The normalized spacial score (nSPS) is 16.1. The number of aromatic nitrogens is 2. The zero-order chi connectivity index (χ0) is 20.8. The van der Waals surface area contributed by atoms with Crippen molar-refractivity contribution in [3.05, 3.63) is 54.4 Å². The van der Waals surface area contributed by atoms with Gasteiger partial charge < -0.3 is 15.7 Å². The first-order chi connectivity index (χ1) is 14.2. The van der Waals surface area contributed by atoms with Crippen molar-refractivity contribution >= 4 is 29.0 Å². The number of anilines is 1. The first kappa shape index (κ1) is 20.4. The Morgan fingerprint density at radius 1 is 1.21 bits per heavy atom. The summed E-state index contributed by atoms with van der Waals surface area (Å²) < 4.78 is 0. The molecule has 1 aliphatic heterocycles. The van der Waals surface area contributed by atoms with E-state index in [2.05, 4.69) is 15.7 Å². The van der Waals surface area contributed by atoms with E-state index in [9.17, 15) is 14.7 Å². The van der Waals surface area contributed by atoms with Crippen LogP contribution in [0.25, 0.3) is 22.0 Å². The van der Waals surface area contributed by atoms with Gasteiger partial charge >= 0.3 is 5.97 Å². The summed E-state index contributed by atoms with van der Waals surface area (Å²) >= 11 is 0. The van der Waals surface area contributed by atoms with Crippen molar-refractivity contribution < 1.29 is 14.7 Å². The lowest BCUT2D eigenvalue weighted by Gasteiger charge is -2.32. The Balaban J connectivity index is 0.00000117. The summed E-state index contributed by atoms with van der Waals surface area (Å²) in [6.07, 6.45) is 3.84. The summed E-state index contributed by atoms with van der Waals surface area (Å²) in [7, 11) is 1.50. The zero-order valence-electron chi connectivity index (χ0n) is 16.3. The van der Waals surface area contributed by atoms with Crippen LogP contribution < -0.4 is 10.6 Å². The second-order valence-electron chi connectivity index (χ2n) is 6.76. The van der Waals surface area contributed by atoms with Crippen LogP contribution in [0.1, 0.15) is 23.2 Å². The van der Waals surface area contributed by atoms with Gasteiger partial charge in [0.2, 0.25) is 0 Å². The number of benzene rings is 2. The van der Waals surface area contributed by atoms with Crippen LogP contribution in [0.15, 0.2) is 48.8 Å². The van der Waals surface area contributed by atoms with E-state index in [0.717, 1.165) is 47.1 Å². The molecule has 1 unspecified atom stereocenters. The molecule has 0 amide bonds. The smallest absolute Gasteiger partial charge is 0.308 e. The van der Waals surface area contributed by atoms with Crippen molar-refractivity contribution in [2.45, 2.75) is 12.8 Å². The Labute approximate surface area is 169 Å². The molecule has 2 aromatic carbocycles. The number of aliphatic carboxylic acids is 1. The maximum atomic E-state index is 11.5. The van der Waals surface area contributed by atoms with Crippen molar-refractivity contribution in [1.29, 1.82) is 0 Å². The van der Waals surface area contributed by atoms with E-state index >= 15 is 0 Å². The summed E-state index contributed by atoms with van der Waals surface area (Å²) in [6, 6.07) is 13.2. The Morgan fingerprint density at radius 3 is 2.76 bits per heavy atom. The van der Waals surface area contributed by atoms with Crippen LogP contribution in [0.3, 0.4) is 0 Å². The van der Waals surface area contributed by atoms with Gasteiger partial charge in [-0.1, -0.05) is 30.3 Å². The molecule has 0 spiro atoms. The van der Waals surface area contributed by atoms with Crippen LogP contribution in [0.5, 0.6) is 0 Å². The van der Waals surface area contributed by atoms with Gasteiger partial charge in [-0.25, -0.2) is 9.97 Å². The number of nitrogens with zero attached hydrogens (tertiary/aromatic N) is 3. The molecule has 0 saturated carbocycles. The molecule has 0 bridgehead atoms. The highest BCUT2D eigenvalue weighted by Crippen LogP contribution is 2.35. The van der Waals surface area contributed by atoms with Crippen LogP contribution in [-0.2, 0) is 4.79 Å². The minimum Gasteiger partial charge on any atom is -0.481 e. The average Bonchev–Trinajstić information content (AvgIpc) is 2.79. The molecule has 29 heavy (non-hydrogen) atoms. The molecule has 1 fully saturated rings. The highest BCUT2D eigenvalue weighted by atomic mass is 16.4. The monoisotopic (exact) mass is 392 g/mol. The van der Waals surface area contributed by atoms with Gasteiger partial charge in [-0.3, -0.25) is 9.59 Å². The van der Waals surface area contributed by atoms with Gasteiger partial charge in [0.1, 0.15) is 18.4 Å². The summed E-state index contributed by atoms with van der Waals surface area (Å²) in [5.74, 6) is -0.413. The van der Waals surface area contributed by atoms with Crippen molar-refractivity contribution in [1.82, 2.24) is 9.97 Å². The number of piperidine rings is 1. The Bertz CT molecular complexity index is 1020. The molecule has 1 atom stereocenters. The maximum Gasteiger partial charge on any atom is 0.308 e. The molecular weight excluding hydrogens is 368 g/mol. The van der Waals surface area contributed by atoms with Gasteiger partial charge in [0, 0.05) is 18.7 Å². The van der Waals surface area contributed by atoms with Gasteiger partial charge in [0.25, 0.3) is 0 Å². The summed E-state index contributed by atoms with van der Waals surface area (Å²) in [6.45, 7) is 1.20. The number of carboxylic acid groups (broad SMARTS) is 1. The van der Waals surface area contributed by atoms with E-state index in [0.29, 0.717) is 18.5 Å². The first-order valence-corrected chi connectivity index (χ1v) is 9.52. The molecule has 7 heteroatoms. The molecule has 3 N–H and O–H groups in total. The van der Waals surface area contributed by atoms with Crippen molar-refractivity contribution in [3.63, 3.8) is 0 Å². The van der Waals surface area contributed by atoms with Crippen LogP contribution >= 0.6 is 0 Å². The number of hydrogen-bond donors (Lipinski definition) is 2. The van der Waals surface area contributed by atoms with Gasteiger partial charge in [0.15, 0.2) is 0 Å². The second-order valence-corrected chi connectivity index (χ2v) is 6.76. The van der Waals surface area contributed by atoms with Gasteiger partial charge in [-0.15, -0.1) is 0 Å². The van der Waals surface area contributed by atoms with Gasteiger partial charge in [-0.05, 0) is 43.1 Å². The van der Waals surface area contributed by atoms with Gasteiger partial charge in [0.05, 0.1) is 16.8 Å². The third-order valence-electron chi connectivity index (χ3n) is 5.05. The predicted octanol–water partition coefficient (Wildman–Crippen LogP) is 2.99. The lowest BCUT2D eigenvalue weighted by atomic mass is 9.96. The highest BCUT2D eigenvalue weighted by molar-refractivity contribution is 6.02. The van der Waals surface area contributed by atoms with Crippen LogP contribution in [0.2, 0.25) is 0 Å². The molecule has 4 rings (SSSR count). The largest absolute Gasteiger partial charge is 0.481 e. The second kappa shape index (κ2) is 9.25. The zero-order valence-corrected chi connectivity index (χ0v) is 16.3. The molecule has 3 aromatic rings. The van der Waals surface area contributed by atoms with E-state index in [1.54, 1.807) is 6.07 Å². The van der Waals surface area contributed by atoms with Crippen molar-refractivity contribution in [2.75, 3.05) is 25.0 Å². The van der Waals surface area contributed by atoms with E-state index in [1.807, 2.05) is 41.3 Å². The minimum atomic E-state index is -0.767. The quantitative estimate of drug-likeness (QED) is 0.657. The fourth-order valence-corrected chi connectivity index (χ4v) is 3.72. The SMILES string of the molecule is CN.O=Cc1cccc(-c2cccc3ncnc(N4CCCC(C(=O)O)C4)c23)c1. The molecule has 1 saturated heterocycles. The number of carbonyl (C=O) groups is 2. The topological polar surface area (TPSA) is 109 Å². The van der Waals surface area contributed by atoms with E-state index in [-0.39, 0.29) is 0 Å². The van der Waals surface area contributed by atoms with Crippen molar-refractivity contribution in [3.8, 4) is 11.1 Å². The average molecular weight is 392 g/mol. The Morgan fingerprint density at radius 2 is 2.00 bits per heavy atom. The number of rotatable bonds is 4. The fourth-order valence-electron chi connectivity index (χ4n) is 3.72. The lowest BCUT2D eigenvalue weighted by Crippen LogP contribution is -2.39. The minimum absolute atomic E-state index is 0.394. The standard InChI is InChI=1S/C21H19N3O3.CH5N/c25-12-14-4-1-5-15(10-14)17-7-2-8-18-19(17)20(23-13-22-18)24-9-3-6-16(11-24)21(26)27;1-2/h1-2,4-5,7-8,10,12-13,16H,3,6,9,11H2,(H,26,27);2H2,1H3. The van der Waals surface area contributed by atoms with Crippen LogP contribution in [-0.4, -0.2) is 47.5 Å². The predicted molar refractivity (Wildman–Crippen MR) is 113 cm³/mol.